The molecule has 7 heteroatoms. The molecule has 0 heterocycles. The molecule has 0 aromatic heterocycles. The van der Waals surface area contributed by atoms with E-state index in [0.29, 0.717) is 5.56 Å². The molecule has 5 N–H and O–H groups in total. The molecule has 2 aromatic rings. The number of hydrogen-bond donors (Lipinski definition) is 4. The molecule has 112 valence electrons. The third kappa shape index (κ3) is 3.04. The van der Waals surface area contributed by atoms with E-state index < -0.39 is 17.9 Å². The van der Waals surface area contributed by atoms with Gasteiger partial charge >= 0.3 is 17.9 Å². The summed E-state index contributed by atoms with van der Waals surface area (Å²) in [5.74, 6) is -3.76. The second-order valence-electron chi connectivity index (χ2n) is 4.56. The topological polar surface area (TPSA) is 138 Å². The van der Waals surface area contributed by atoms with Crippen molar-refractivity contribution in [2.75, 3.05) is 5.73 Å². The van der Waals surface area contributed by atoms with E-state index in [9.17, 15) is 14.4 Å². The molecule has 0 saturated carbocycles. The molecule has 7 nitrogen and oxygen atoms in total. The van der Waals surface area contributed by atoms with Crippen LogP contribution in [0.25, 0.3) is 11.1 Å². The highest BCUT2D eigenvalue weighted by atomic mass is 16.4. The van der Waals surface area contributed by atoms with Crippen molar-refractivity contribution in [3.63, 3.8) is 0 Å². The maximum absolute atomic E-state index is 11.1. The molecule has 0 fully saturated rings. The van der Waals surface area contributed by atoms with E-state index in [1.165, 1.54) is 30.3 Å². The lowest BCUT2D eigenvalue weighted by Crippen LogP contribution is -2.04. The van der Waals surface area contributed by atoms with Gasteiger partial charge in [0, 0.05) is 5.69 Å². The van der Waals surface area contributed by atoms with Crippen LogP contribution in [0, 0.1) is 0 Å². The van der Waals surface area contributed by atoms with Crippen molar-refractivity contribution in [1.82, 2.24) is 0 Å². The lowest BCUT2D eigenvalue weighted by molar-refractivity contribution is 0.0682. The molecule has 0 aliphatic heterocycles. The van der Waals surface area contributed by atoms with E-state index >= 15 is 0 Å². The summed E-state index contributed by atoms with van der Waals surface area (Å²) in [6.07, 6.45) is 0. The summed E-state index contributed by atoms with van der Waals surface area (Å²) in [4.78, 5) is 33.2. The van der Waals surface area contributed by atoms with Gasteiger partial charge in [-0.25, -0.2) is 14.4 Å². The van der Waals surface area contributed by atoms with Crippen LogP contribution in [0.2, 0.25) is 0 Å². The minimum absolute atomic E-state index is 0.0763. The maximum Gasteiger partial charge on any atom is 0.335 e. The monoisotopic (exact) mass is 301 g/mol. The SMILES string of the molecule is Nc1cc(C(=O)O)cc(-c2cc(C(=O)O)cc(C(=O)O)c2)c1. The first-order valence-corrected chi connectivity index (χ1v) is 6.04. The van der Waals surface area contributed by atoms with E-state index in [1.807, 2.05) is 0 Å². The molecule has 0 aliphatic rings. The van der Waals surface area contributed by atoms with Gasteiger partial charge in [-0.05, 0) is 47.5 Å². The van der Waals surface area contributed by atoms with Crippen LogP contribution in [-0.4, -0.2) is 33.2 Å². The number of carbonyl (C=O) groups is 3. The minimum atomic E-state index is -1.29. The Morgan fingerprint density at radius 2 is 1.00 bits per heavy atom. The lowest BCUT2D eigenvalue weighted by atomic mass is 9.97. The summed E-state index contributed by atoms with van der Waals surface area (Å²) in [5, 5.41) is 27.1. The number of nitrogens with two attached hydrogens (primary N) is 1. The highest BCUT2D eigenvalue weighted by Crippen LogP contribution is 2.26. The van der Waals surface area contributed by atoms with E-state index in [-0.39, 0.29) is 27.9 Å². The smallest absolute Gasteiger partial charge is 0.335 e. The van der Waals surface area contributed by atoms with Crippen molar-refractivity contribution in [2.24, 2.45) is 0 Å². The van der Waals surface area contributed by atoms with Gasteiger partial charge < -0.3 is 21.1 Å². The molecule has 0 bridgehead atoms. The molecule has 0 spiro atoms. The Labute approximate surface area is 124 Å². The van der Waals surface area contributed by atoms with Crippen LogP contribution in [-0.2, 0) is 0 Å². The normalized spacial score (nSPS) is 10.2. The van der Waals surface area contributed by atoms with Gasteiger partial charge in [-0.3, -0.25) is 0 Å². The van der Waals surface area contributed by atoms with E-state index in [1.54, 1.807) is 0 Å². The largest absolute Gasteiger partial charge is 0.478 e. The molecule has 0 atom stereocenters. The van der Waals surface area contributed by atoms with Crippen LogP contribution in [0.4, 0.5) is 5.69 Å². The molecule has 0 saturated heterocycles. The van der Waals surface area contributed by atoms with Gasteiger partial charge in [0.1, 0.15) is 0 Å². The maximum atomic E-state index is 11.1. The summed E-state index contributed by atoms with van der Waals surface area (Å²) in [6.45, 7) is 0. The fraction of sp³-hybridized carbons (Fsp3) is 0. The first kappa shape index (κ1) is 15.0. The quantitative estimate of drug-likeness (QED) is 0.634. The Hall–Kier alpha value is -3.35. The zero-order chi connectivity index (χ0) is 16.4. The van der Waals surface area contributed by atoms with Crippen molar-refractivity contribution < 1.29 is 29.7 Å². The number of aromatic carboxylic acids is 3. The van der Waals surface area contributed by atoms with Gasteiger partial charge in [0.2, 0.25) is 0 Å². The fourth-order valence-electron chi connectivity index (χ4n) is 1.98. The molecular formula is C15H11NO6. The standard InChI is InChI=1S/C15H11NO6/c16-12-5-8(3-11(6-12)15(21)22)7-1-9(13(17)18)4-10(2-7)14(19)20/h1-6H,16H2,(H,17,18)(H,19,20)(H,21,22). The number of anilines is 1. The molecule has 0 amide bonds. The Morgan fingerprint density at radius 3 is 1.41 bits per heavy atom. The first-order valence-electron chi connectivity index (χ1n) is 6.04. The van der Waals surface area contributed by atoms with Crippen molar-refractivity contribution in [3.05, 3.63) is 53.1 Å². The second-order valence-corrected chi connectivity index (χ2v) is 4.56. The number of rotatable bonds is 4. The molecule has 22 heavy (non-hydrogen) atoms. The fourth-order valence-corrected chi connectivity index (χ4v) is 1.98. The van der Waals surface area contributed by atoms with Gasteiger partial charge in [-0.1, -0.05) is 0 Å². The third-order valence-electron chi connectivity index (χ3n) is 2.96. The molecule has 2 rings (SSSR count). The van der Waals surface area contributed by atoms with Gasteiger partial charge in [0.15, 0.2) is 0 Å². The van der Waals surface area contributed by atoms with Crippen molar-refractivity contribution in [1.29, 1.82) is 0 Å². The number of nitrogen functional groups attached to an aromatic ring is 1. The van der Waals surface area contributed by atoms with Gasteiger partial charge in [0.25, 0.3) is 0 Å². The summed E-state index contributed by atoms with van der Waals surface area (Å²) >= 11 is 0. The first-order chi connectivity index (χ1) is 10.3. The molecule has 0 unspecified atom stereocenters. The van der Waals surface area contributed by atoms with Gasteiger partial charge in [-0.15, -0.1) is 0 Å². The third-order valence-corrected chi connectivity index (χ3v) is 2.96. The van der Waals surface area contributed by atoms with Gasteiger partial charge in [0.05, 0.1) is 16.7 Å². The Balaban J connectivity index is 2.68. The molecule has 0 radical (unpaired) electrons. The summed E-state index contributed by atoms with van der Waals surface area (Å²) < 4.78 is 0. The average Bonchev–Trinajstić information content (AvgIpc) is 2.45. The Morgan fingerprint density at radius 1 is 0.636 bits per heavy atom. The van der Waals surface area contributed by atoms with Crippen LogP contribution >= 0.6 is 0 Å². The zero-order valence-electron chi connectivity index (χ0n) is 11.1. The van der Waals surface area contributed by atoms with E-state index in [0.717, 1.165) is 6.07 Å². The molecule has 2 aromatic carbocycles. The van der Waals surface area contributed by atoms with Crippen LogP contribution in [0.5, 0.6) is 0 Å². The highest BCUT2D eigenvalue weighted by molar-refractivity contribution is 5.97. The van der Waals surface area contributed by atoms with Crippen LogP contribution in [0.15, 0.2) is 36.4 Å². The van der Waals surface area contributed by atoms with Crippen molar-refractivity contribution in [3.8, 4) is 11.1 Å². The van der Waals surface area contributed by atoms with Crippen molar-refractivity contribution >= 4 is 23.6 Å². The van der Waals surface area contributed by atoms with Crippen LogP contribution in [0.1, 0.15) is 31.1 Å². The van der Waals surface area contributed by atoms with E-state index in [4.69, 9.17) is 21.1 Å². The highest BCUT2D eigenvalue weighted by Gasteiger charge is 2.14. The molecule has 0 aliphatic carbocycles. The summed E-state index contributed by atoms with van der Waals surface area (Å²) in [5.41, 5.74) is 5.88. The number of benzene rings is 2. The summed E-state index contributed by atoms with van der Waals surface area (Å²) in [6, 6.07) is 7.54. The zero-order valence-corrected chi connectivity index (χ0v) is 11.1. The number of hydrogen-bond acceptors (Lipinski definition) is 4. The predicted octanol–water partition coefficient (Wildman–Crippen LogP) is 2.03. The Kier molecular flexibility index (Phi) is 3.81. The second kappa shape index (κ2) is 5.57. The number of carboxylic acid groups (broad SMARTS) is 3. The molecular weight excluding hydrogens is 290 g/mol. The van der Waals surface area contributed by atoms with Crippen LogP contribution < -0.4 is 5.73 Å². The average molecular weight is 301 g/mol. The van der Waals surface area contributed by atoms with Crippen LogP contribution in [0.3, 0.4) is 0 Å². The Bertz CT molecular complexity index is 764. The van der Waals surface area contributed by atoms with Crippen molar-refractivity contribution in [2.45, 2.75) is 0 Å². The lowest BCUT2D eigenvalue weighted by Gasteiger charge is -2.08. The minimum Gasteiger partial charge on any atom is -0.478 e. The number of carboxylic acids is 3. The predicted molar refractivity (Wildman–Crippen MR) is 77.2 cm³/mol. The van der Waals surface area contributed by atoms with Gasteiger partial charge in [-0.2, -0.15) is 0 Å². The summed E-state index contributed by atoms with van der Waals surface area (Å²) in [7, 11) is 0. The van der Waals surface area contributed by atoms with E-state index in [2.05, 4.69) is 0 Å².